The Morgan fingerprint density at radius 1 is 1.36 bits per heavy atom. The van der Waals surface area contributed by atoms with Gasteiger partial charge >= 0.3 is 5.97 Å². The van der Waals surface area contributed by atoms with Crippen LogP contribution >= 0.6 is 34.4 Å². The SMILES string of the molecule is CCc1cc(C(=O)OC)c(NC(=O)CSc2nnc(-c3csc(C)c3)n2CC2CCCO2)s1. The summed E-state index contributed by atoms with van der Waals surface area (Å²) in [6, 6.07) is 3.87. The molecule has 1 aliphatic heterocycles. The average molecular weight is 507 g/mol. The van der Waals surface area contributed by atoms with Crippen molar-refractivity contribution in [2.75, 3.05) is 24.8 Å². The molecule has 3 aromatic rings. The zero-order valence-electron chi connectivity index (χ0n) is 18.8. The maximum Gasteiger partial charge on any atom is 0.340 e. The van der Waals surface area contributed by atoms with Gasteiger partial charge in [-0.05, 0) is 38.3 Å². The lowest BCUT2D eigenvalue weighted by Gasteiger charge is -2.14. The number of nitrogens with one attached hydrogen (secondary N) is 1. The molecule has 11 heteroatoms. The Labute approximate surface area is 204 Å². The second kappa shape index (κ2) is 10.8. The number of methoxy groups -OCH3 is 1. The van der Waals surface area contributed by atoms with E-state index in [1.807, 2.05) is 6.92 Å². The molecular weight excluding hydrogens is 480 g/mol. The summed E-state index contributed by atoms with van der Waals surface area (Å²) in [5, 5.41) is 14.9. The van der Waals surface area contributed by atoms with E-state index in [0.29, 0.717) is 22.3 Å². The number of amides is 1. The van der Waals surface area contributed by atoms with Gasteiger partial charge in [0.25, 0.3) is 0 Å². The Balaban J connectivity index is 1.49. The van der Waals surface area contributed by atoms with Crippen molar-refractivity contribution in [3.8, 4) is 11.4 Å². The molecule has 1 N–H and O–H groups in total. The summed E-state index contributed by atoms with van der Waals surface area (Å²) in [5.74, 6) is 0.262. The standard InChI is InChI=1S/C22H26N4O4S3/c1-4-16-9-17(21(28)29-3)20(33-16)23-18(27)12-32-22-25-24-19(14-8-13(2)31-11-14)26(22)10-15-6-5-7-30-15/h8-9,11,15H,4-7,10,12H2,1-3H3,(H,23,27). The van der Waals surface area contributed by atoms with Gasteiger partial charge in [-0.15, -0.1) is 32.9 Å². The molecule has 0 aromatic carbocycles. The highest BCUT2D eigenvalue weighted by Crippen LogP contribution is 2.31. The third-order valence-corrected chi connectivity index (χ3v) is 8.26. The predicted molar refractivity (Wildman–Crippen MR) is 131 cm³/mol. The van der Waals surface area contributed by atoms with E-state index in [-0.39, 0.29) is 17.8 Å². The number of carbonyl (C=O) groups is 2. The number of ether oxygens (including phenoxy) is 2. The van der Waals surface area contributed by atoms with Crippen molar-refractivity contribution < 1.29 is 19.1 Å². The lowest BCUT2D eigenvalue weighted by molar-refractivity contribution is -0.113. The monoisotopic (exact) mass is 506 g/mol. The van der Waals surface area contributed by atoms with Gasteiger partial charge in [0.2, 0.25) is 5.91 Å². The van der Waals surface area contributed by atoms with Gasteiger partial charge < -0.3 is 14.8 Å². The fourth-order valence-corrected chi connectivity index (χ4v) is 6.02. The maximum atomic E-state index is 12.7. The minimum absolute atomic E-state index is 0.119. The molecule has 0 spiro atoms. The summed E-state index contributed by atoms with van der Waals surface area (Å²) < 4.78 is 12.7. The van der Waals surface area contributed by atoms with E-state index >= 15 is 0 Å². The van der Waals surface area contributed by atoms with Crippen molar-refractivity contribution in [1.29, 1.82) is 0 Å². The van der Waals surface area contributed by atoms with Crippen molar-refractivity contribution >= 4 is 51.3 Å². The quantitative estimate of drug-likeness (QED) is 0.334. The number of hydrogen-bond donors (Lipinski definition) is 1. The molecule has 0 bridgehead atoms. The van der Waals surface area contributed by atoms with E-state index in [2.05, 4.69) is 38.5 Å². The van der Waals surface area contributed by atoms with E-state index in [0.717, 1.165) is 42.1 Å². The number of aryl methyl sites for hydroxylation is 2. The molecule has 1 amide bonds. The molecule has 4 rings (SSSR count). The van der Waals surface area contributed by atoms with Crippen LogP contribution in [0.3, 0.4) is 0 Å². The van der Waals surface area contributed by atoms with Crippen LogP contribution in [0, 0.1) is 6.92 Å². The van der Waals surface area contributed by atoms with E-state index in [9.17, 15) is 9.59 Å². The molecule has 4 heterocycles. The highest BCUT2D eigenvalue weighted by Gasteiger charge is 2.23. The molecule has 8 nitrogen and oxygen atoms in total. The second-order valence-corrected chi connectivity index (χ2v) is 10.8. The second-order valence-electron chi connectivity index (χ2n) is 7.64. The number of carbonyl (C=O) groups excluding carboxylic acids is 2. The molecule has 1 unspecified atom stereocenters. The van der Waals surface area contributed by atoms with Crippen molar-refractivity contribution in [3.63, 3.8) is 0 Å². The molecule has 0 saturated carbocycles. The third-order valence-electron chi connectivity index (χ3n) is 5.24. The molecule has 1 fully saturated rings. The molecule has 176 valence electrons. The van der Waals surface area contributed by atoms with Crippen LogP contribution < -0.4 is 5.32 Å². The van der Waals surface area contributed by atoms with Crippen LogP contribution in [0.2, 0.25) is 0 Å². The van der Waals surface area contributed by atoms with Crippen LogP contribution in [0.25, 0.3) is 11.4 Å². The summed E-state index contributed by atoms with van der Waals surface area (Å²) in [5.41, 5.74) is 1.40. The fraction of sp³-hybridized carbons (Fsp3) is 0.455. The van der Waals surface area contributed by atoms with E-state index < -0.39 is 5.97 Å². The Kier molecular flexibility index (Phi) is 7.84. The first-order chi connectivity index (χ1) is 16.0. The van der Waals surface area contributed by atoms with Crippen molar-refractivity contribution in [1.82, 2.24) is 14.8 Å². The lowest BCUT2D eigenvalue weighted by atomic mass is 10.2. The first-order valence-corrected chi connectivity index (χ1v) is 13.4. The van der Waals surface area contributed by atoms with Crippen LogP contribution in [0.1, 0.15) is 39.9 Å². The molecule has 33 heavy (non-hydrogen) atoms. The van der Waals surface area contributed by atoms with E-state index in [4.69, 9.17) is 9.47 Å². The van der Waals surface area contributed by atoms with Crippen LogP contribution in [0.15, 0.2) is 22.7 Å². The van der Waals surface area contributed by atoms with Crippen LogP contribution in [-0.4, -0.2) is 52.2 Å². The van der Waals surface area contributed by atoms with Crippen molar-refractivity contribution in [2.45, 2.75) is 50.9 Å². The Morgan fingerprint density at radius 2 is 2.21 bits per heavy atom. The predicted octanol–water partition coefficient (Wildman–Crippen LogP) is 4.64. The highest BCUT2D eigenvalue weighted by atomic mass is 32.2. The van der Waals surface area contributed by atoms with Gasteiger partial charge in [-0.25, -0.2) is 4.79 Å². The summed E-state index contributed by atoms with van der Waals surface area (Å²) in [6.45, 7) is 5.49. The van der Waals surface area contributed by atoms with Gasteiger partial charge in [0.1, 0.15) is 5.00 Å². The molecule has 3 aromatic heterocycles. The van der Waals surface area contributed by atoms with Gasteiger partial charge in [-0.1, -0.05) is 18.7 Å². The van der Waals surface area contributed by atoms with Crippen molar-refractivity contribution in [3.05, 3.63) is 32.8 Å². The lowest BCUT2D eigenvalue weighted by Crippen LogP contribution is -2.18. The Morgan fingerprint density at radius 3 is 2.88 bits per heavy atom. The smallest absolute Gasteiger partial charge is 0.340 e. The number of thiophene rings is 2. The van der Waals surface area contributed by atoms with Gasteiger partial charge in [-0.3, -0.25) is 9.36 Å². The summed E-state index contributed by atoms with van der Waals surface area (Å²) in [7, 11) is 1.33. The maximum absolute atomic E-state index is 12.7. The first kappa shape index (κ1) is 23.9. The van der Waals surface area contributed by atoms with Crippen LogP contribution in [0.5, 0.6) is 0 Å². The molecule has 0 aliphatic carbocycles. The highest BCUT2D eigenvalue weighted by molar-refractivity contribution is 7.99. The number of nitrogens with zero attached hydrogens (tertiary/aromatic N) is 3. The van der Waals surface area contributed by atoms with E-state index in [1.54, 1.807) is 17.4 Å². The van der Waals surface area contributed by atoms with E-state index in [1.165, 1.54) is 35.1 Å². The van der Waals surface area contributed by atoms with Crippen LogP contribution in [-0.2, 0) is 27.2 Å². The molecular formula is C22H26N4O4S3. The van der Waals surface area contributed by atoms with Gasteiger partial charge in [-0.2, -0.15) is 0 Å². The first-order valence-electron chi connectivity index (χ1n) is 10.7. The Hall–Kier alpha value is -2.21. The average Bonchev–Trinajstić information content (AvgIpc) is 3.60. The molecule has 1 saturated heterocycles. The number of hydrogen-bond acceptors (Lipinski definition) is 9. The van der Waals surface area contributed by atoms with Gasteiger partial charge in [0.05, 0.1) is 31.1 Å². The topological polar surface area (TPSA) is 95.3 Å². The van der Waals surface area contributed by atoms with Gasteiger partial charge in [0, 0.05) is 27.3 Å². The minimum Gasteiger partial charge on any atom is -0.465 e. The van der Waals surface area contributed by atoms with Crippen molar-refractivity contribution in [2.24, 2.45) is 0 Å². The van der Waals surface area contributed by atoms with Crippen LogP contribution in [0.4, 0.5) is 5.00 Å². The molecule has 1 aliphatic rings. The number of esters is 1. The zero-order chi connectivity index (χ0) is 23.4. The number of thioether (sulfide) groups is 1. The minimum atomic E-state index is -0.457. The Bertz CT molecular complexity index is 1130. The largest absolute Gasteiger partial charge is 0.465 e. The zero-order valence-corrected chi connectivity index (χ0v) is 21.2. The summed E-state index contributed by atoms with van der Waals surface area (Å²) in [4.78, 5) is 27.0. The summed E-state index contributed by atoms with van der Waals surface area (Å²) in [6.07, 6.45) is 2.94. The number of rotatable bonds is 9. The number of aromatic nitrogens is 3. The molecule has 0 radical (unpaired) electrons. The number of anilines is 1. The fourth-order valence-electron chi connectivity index (χ4n) is 3.59. The normalized spacial score (nSPS) is 15.7. The summed E-state index contributed by atoms with van der Waals surface area (Å²) >= 11 is 4.39. The third kappa shape index (κ3) is 5.65. The van der Waals surface area contributed by atoms with Gasteiger partial charge in [0.15, 0.2) is 11.0 Å². The molecule has 1 atom stereocenters.